The molecular formula is C22H21BrFN3O3. The lowest BCUT2D eigenvalue weighted by molar-refractivity contribution is -0.116. The number of morpholine rings is 1. The predicted octanol–water partition coefficient (Wildman–Crippen LogP) is 4.65. The lowest BCUT2D eigenvalue weighted by Gasteiger charge is -2.30. The zero-order valence-electron chi connectivity index (χ0n) is 16.2. The Labute approximate surface area is 182 Å². The van der Waals surface area contributed by atoms with Crippen molar-refractivity contribution in [2.75, 3.05) is 36.5 Å². The Morgan fingerprint density at radius 3 is 2.80 bits per heavy atom. The smallest absolute Gasteiger partial charge is 0.224 e. The summed E-state index contributed by atoms with van der Waals surface area (Å²) in [5.41, 5.74) is 2.06. The third kappa shape index (κ3) is 4.88. The van der Waals surface area contributed by atoms with Gasteiger partial charge in [0.25, 0.3) is 0 Å². The van der Waals surface area contributed by atoms with Crippen LogP contribution in [0.2, 0.25) is 0 Å². The number of anilines is 2. The Morgan fingerprint density at radius 2 is 2.00 bits per heavy atom. The zero-order valence-corrected chi connectivity index (χ0v) is 17.8. The molecule has 0 radical (unpaired) electrons. The van der Waals surface area contributed by atoms with Gasteiger partial charge in [0.2, 0.25) is 5.91 Å². The first-order valence-corrected chi connectivity index (χ1v) is 10.5. The van der Waals surface area contributed by atoms with Gasteiger partial charge in [-0.2, -0.15) is 0 Å². The molecule has 30 heavy (non-hydrogen) atoms. The lowest BCUT2D eigenvalue weighted by Crippen LogP contribution is -2.36. The number of benzene rings is 2. The molecule has 156 valence electrons. The maximum Gasteiger partial charge on any atom is 0.224 e. The second kappa shape index (κ2) is 9.40. The summed E-state index contributed by atoms with van der Waals surface area (Å²) in [6, 6.07) is 12.2. The van der Waals surface area contributed by atoms with Crippen LogP contribution in [0.5, 0.6) is 0 Å². The summed E-state index contributed by atoms with van der Waals surface area (Å²) in [5.74, 6) is 0.229. The molecule has 8 heteroatoms. The maximum absolute atomic E-state index is 13.9. The average Bonchev–Trinajstić information content (AvgIpc) is 3.22. The molecule has 0 aliphatic carbocycles. The van der Waals surface area contributed by atoms with Gasteiger partial charge in [-0.25, -0.2) is 9.37 Å². The van der Waals surface area contributed by atoms with E-state index in [9.17, 15) is 9.18 Å². The molecule has 1 aromatic heterocycles. The first-order valence-electron chi connectivity index (χ1n) is 9.72. The number of oxazole rings is 1. The monoisotopic (exact) mass is 473 g/mol. The molecule has 2 aromatic carbocycles. The van der Waals surface area contributed by atoms with E-state index in [4.69, 9.17) is 9.15 Å². The summed E-state index contributed by atoms with van der Waals surface area (Å²) in [6.45, 7) is 2.88. The second-order valence-corrected chi connectivity index (χ2v) is 7.82. The van der Waals surface area contributed by atoms with Gasteiger partial charge in [0.15, 0.2) is 11.7 Å². The van der Waals surface area contributed by atoms with Crippen LogP contribution in [0.1, 0.15) is 12.3 Å². The van der Waals surface area contributed by atoms with E-state index in [1.54, 1.807) is 18.2 Å². The van der Waals surface area contributed by atoms with Crippen molar-refractivity contribution in [2.45, 2.75) is 12.8 Å². The highest BCUT2D eigenvalue weighted by atomic mass is 79.9. The van der Waals surface area contributed by atoms with E-state index in [1.165, 1.54) is 12.3 Å². The van der Waals surface area contributed by atoms with Crippen molar-refractivity contribution in [3.8, 4) is 11.3 Å². The van der Waals surface area contributed by atoms with Crippen molar-refractivity contribution in [2.24, 2.45) is 0 Å². The van der Waals surface area contributed by atoms with Crippen molar-refractivity contribution >= 4 is 33.2 Å². The van der Waals surface area contributed by atoms with E-state index in [0.29, 0.717) is 36.8 Å². The van der Waals surface area contributed by atoms with E-state index in [0.717, 1.165) is 28.9 Å². The molecule has 1 saturated heterocycles. The lowest BCUT2D eigenvalue weighted by atomic mass is 10.2. The van der Waals surface area contributed by atoms with Gasteiger partial charge in [-0.1, -0.05) is 28.1 Å². The number of ether oxygens (including phenoxy) is 1. The van der Waals surface area contributed by atoms with E-state index < -0.39 is 0 Å². The van der Waals surface area contributed by atoms with Crippen LogP contribution in [0.25, 0.3) is 11.3 Å². The highest BCUT2D eigenvalue weighted by Gasteiger charge is 2.17. The first kappa shape index (κ1) is 20.6. The third-order valence-electron chi connectivity index (χ3n) is 4.84. The highest BCUT2D eigenvalue weighted by molar-refractivity contribution is 9.10. The number of aromatic nitrogens is 1. The summed E-state index contributed by atoms with van der Waals surface area (Å²) in [7, 11) is 0. The average molecular weight is 474 g/mol. The number of rotatable bonds is 6. The molecule has 0 atom stereocenters. The standard InChI is InChI=1S/C22H21BrFN3O3/c23-15-5-6-19(27-9-11-29-12-10-27)18(13-15)26-21(28)7-8-22-25-14-20(30-22)16-3-1-2-4-17(16)24/h1-6,13-14H,7-12H2,(H,26,28). The van der Waals surface area contributed by atoms with Gasteiger partial charge in [0, 0.05) is 30.4 Å². The van der Waals surface area contributed by atoms with Crippen molar-refractivity contribution in [3.63, 3.8) is 0 Å². The summed E-state index contributed by atoms with van der Waals surface area (Å²) in [6.07, 6.45) is 2.00. The molecular weight excluding hydrogens is 453 g/mol. The van der Waals surface area contributed by atoms with Crippen molar-refractivity contribution in [3.05, 3.63) is 64.8 Å². The topological polar surface area (TPSA) is 67.6 Å². The Balaban J connectivity index is 1.40. The number of hydrogen-bond acceptors (Lipinski definition) is 5. The van der Waals surface area contributed by atoms with Gasteiger partial charge in [-0.05, 0) is 30.3 Å². The highest BCUT2D eigenvalue weighted by Crippen LogP contribution is 2.30. The van der Waals surface area contributed by atoms with E-state index in [-0.39, 0.29) is 18.1 Å². The number of carbonyl (C=O) groups excluding carboxylic acids is 1. The number of halogens is 2. The quantitative estimate of drug-likeness (QED) is 0.564. The molecule has 1 aliphatic heterocycles. The zero-order chi connectivity index (χ0) is 20.9. The Morgan fingerprint density at radius 1 is 1.20 bits per heavy atom. The number of nitrogens with one attached hydrogen (secondary N) is 1. The van der Waals surface area contributed by atoms with Gasteiger partial charge >= 0.3 is 0 Å². The molecule has 4 rings (SSSR count). The minimum atomic E-state index is -0.372. The second-order valence-electron chi connectivity index (χ2n) is 6.91. The van der Waals surface area contributed by atoms with Gasteiger partial charge in [0.1, 0.15) is 5.82 Å². The van der Waals surface area contributed by atoms with Crippen LogP contribution in [-0.4, -0.2) is 37.2 Å². The largest absolute Gasteiger partial charge is 0.441 e. The Hall–Kier alpha value is -2.71. The number of nitrogens with zero attached hydrogens (tertiary/aromatic N) is 2. The fourth-order valence-corrected chi connectivity index (χ4v) is 3.69. The van der Waals surface area contributed by atoms with E-state index in [2.05, 4.69) is 31.1 Å². The van der Waals surface area contributed by atoms with Gasteiger partial charge in [-0.3, -0.25) is 4.79 Å². The van der Waals surface area contributed by atoms with Gasteiger partial charge in [-0.15, -0.1) is 0 Å². The Bertz CT molecular complexity index is 1030. The van der Waals surface area contributed by atoms with Crippen LogP contribution in [0.3, 0.4) is 0 Å². The summed E-state index contributed by atoms with van der Waals surface area (Å²) < 4.78 is 25.8. The number of amides is 1. The fraction of sp³-hybridized carbons (Fsp3) is 0.273. The molecule has 0 unspecified atom stereocenters. The maximum atomic E-state index is 13.9. The molecule has 1 aliphatic rings. The molecule has 1 fully saturated rings. The number of hydrogen-bond donors (Lipinski definition) is 1. The SMILES string of the molecule is O=C(CCc1ncc(-c2ccccc2F)o1)Nc1cc(Br)ccc1N1CCOCC1. The molecule has 0 spiro atoms. The number of carbonyl (C=O) groups is 1. The normalized spacial score (nSPS) is 14.0. The van der Waals surface area contributed by atoms with Crippen LogP contribution >= 0.6 is 15.9 Å². The van der Waals surface area contributed by atoms with Gasteiger partial charge < -0.3 is 19.4 Å². The molecule has 3 aromatic rings. The van der Waals surface area contributed by atoms with Crippen LogP contribution < -0.4 is 10.2 Å². The van der Waals surface area contributed by atoms with Crippen molar-refractivity contribution < 1.29 is 18.3 Å². The van der Waals surface area contributed by atoms with E-state index >= 15 is 0 Å². The molecule has 2 heterocycles. The van der Waals surface area contributed by atoms with Crippen molar-refractivity contribution in [1.29, 1.82) is 0 Å². The van der Waals surface area contributed by atoms with Crippen LogP contribution in [-0.2, 0) is 16.0 Å². The molecule has 1 N–H and O–H groups in total. The Kier molecular flexibility index (Phi) is 6.44. The van der Waals surface area contributed by atoms with Crippen LogP contribution in [0, 0.1) is 5.82 Å². The third-order valence-corrected chi connectivity index (χ3v) is 5.34. The molecule has 0 saturated carbocycles. The molecule has 1 amide bonds. The van der Waals surface area contributed by atoms with Crippen LogP contribution in [0.15, 0.2) is 57.6 Å². The minimum Gasteiger partial charge on any atom is -0.441 e. The molecule has 6 nitrogen and oxygen atoms in total. The summed E-state index contributed by atoms with van der Waals surface area (Å²) in [4.78, 5) is 18.9. The fourth-order valence-electron chi connectivity index (χ4n) is 3.33. The van der Waals surface area contributed by atoms with Gasteiger partial charge in [0.05, 0.1) is 36.3 Å². The van der Waals surface area contributed by atoms with Crippen molar-refractivity contribution in [1.82, 2.24) is 4.98 Å². The summed E-state index contributed by atoms with van der Waals surface area (Å²) in [5, 5.41) is 2.99. The summed E-state index contributed by atoms with van der Waals surface area (Å²) >= 11 is 3.47. The van der Waals surface area contributed by atoms with Crippen LogP contribution in [0.4, 0.5) is 15.8 Å². The van der Waals surface area contributed by atoms with E-state index in [1.807, 2.05) is 18.2 Å². The minimum absolute atomic E-state index is 0.145. The first-order chi connectivity index (χ1) is 14.6. The number of aryl methyl sites for hydroxylation is 1. The molecule has 0 bridgehead atoms. The predicted molar refractivity (Wildman–Crippen MR) is 116 cm³/mol.